The molecule has 0 radical (unpaired) electrons. The van der Waals surface area contributed by atoms with Gasteiger partial charge in [-0.2, -0.15) is 0 Å². The fourth-order valence-corrected chi connectivity index (χ4v) is 3.57. The zero-order chi connectivity index (χ0) is 13.2. The summed E-state index contributed by atoms with van der Waals surface area (Å²) in [5, 5.41) is 0. The third kappa shape index (κ3) is 3.66. The van der Waals surface area contributed by atoms with Gasteiger partial charge in [0, 0.05) is 32.2 Å². The second-order valence-corrected chi connectivity index (χ2v) is 7.45. The van der Waals surface area contributed by atoms with Crippen LogP contribution >= 0.6 is 0 Å². The normalized spacial score (nSPS) is 26.2. The zero-order valence-corrected chi connectivity index (χ0v) is 11.4. The standard InChI is InChI=1S/C11H21N3O3S/c12-10-1-3-13(4-2-10)9-11(15)14-5-7-18(16,17)8-6-14/h10H,1-9,12H2. The molecule has 2 aliphatic heterocycles. The Labute approximate surface area is 108 Å². The van der Waals surface area contributed by atoms with Gasteiger partial charge in [0.2, 0.25) is 5.91 Å². The lowest BCUT2D eigenvalue weighted by Gasteiger charge is -2.33. The minimum absolute atomic E-state index is 0.0420. The lowest BCUT2D eigenvalue weighted by atomic mass is 10.1. The predicted molar refractivity (Wildman–Crippen MR) is 68.9 cm³/mol. The van der Waals surface area contributed by atoms with Gasteiger partial charge in [-0.05, 0) is 12.8 Å². The van der Waals surface area contributed by atoms with E-state index in [1.807, 2.05) is 0 Å². The fraction of sp³-hybridized carbons (Fsp3) is 0.909. The largest absolute Gasteiger partial charge is 0.340 e. The molecule has 0 aromatic heterocycles. The van der Waals surface area contributed by atoms with Crippen LogP contribution in [0.15, 0.2) is 0 Å². The molecule has 0 aromatic rings. The van der Waals surface area contributed by atoms with Gasteiger partial charge in [-0.3, -0.25) is 9.69 Å². The molecular formula is C11H21N3O3S. The molecule has 18 heavy (non-hydrogen) atoms. The maximum Gasteiger partial charge on any atom is 0.236 e. The van der Waals surface area contributed by atoms with Crippen molar-refractivity contribution in [1.82, 2.24) is 9.80 Å². The number of sulfone groups is 1. The highest BCUT2D eigenvalue weighted by Gasteiger charge is 2.26. The third-order valence-electron chi connectivity index (χ3n) is 3.69. The topological polar surface area (TPSA) is 83.7 Å². The quantitative estimate of drug-likeness (QED) is 0.675. The first-order valence-electron chi connectivity index (χ1n) is 6.42. The Morgan fingerprint density at radius 2 is 1.67 bits per heavy atom. The van der Waals surface area contributed by atoms with Crippen molar-refractivity contribution in [3.05, 3.63) is 0 Å². The Bertz CT molecular complexity index is 388. The predicted octanol–water partition coefficient (Wildman–Crippen LogP) is -1.33. The molecule has 2 fully saturated rings. The molecule has 2 aliphatic rings. The van der Waals surface area contributed by atoms with Crippen LogP contribution in [-0.2, 0) is 14.6 Å². The van der Waals surface area contributed by atoms with Gasteiger partial charge in [0.05, 0.1) is 18.1 Å². The average molecular weight is 275 g/mol. The van der Waals surface area contributed by atoms with E-state index in [4.69, 9.17) is 5.73 Å². The smallest absolute Gasteiger partial charge is 0.236 e. The number of hydrogen-bond donors (Lipinski definition) is 1. The van der Waals surface area contributed by atoms with Gasteiger partial charge in [-0.15, -0.1) is 0 Å². The van der Waals surface area contributed by atoms with Crippen molar-refractivity contribution in [2.75, 3.05) is 44.2 Å². The highest BCUT2D eigenvalue weighted by molar-refractivity contribution is 7.91. The van der Waals surface area contributed by atoms with Crippen LogP contribution in [0, 0.1) is 0 Å². The molecule has 0 unspecified atom stereocenters. The van der Waals surface area contributed by atoms with Crippen molar-refractivity contribution < 1.29 is 13.2 Å². The second-order valence-electron chi connectivity index (χ2n) is 5.15. The molecule has 2 rings (SSSR count). The summed E-state index contributed by atoms with van der Waals surface area (Å²) in [6.45, 7) is 2.80. The number of amides is 1. The first-order valence-corrected chi connectivity index (χ1v) is 8.24. The Balaban J connectivity index is 1.78. The number of rotatable bonds is 2. The molecule has 1 amide bonds. The van der Waals surface area contributed by atoms with E-state index in [1.54, 1.807) is 4.90 Å². The zero-order valence-electron chi connectivity index (χ0n) is 10.5. The van der Waals surface area contributed by atoms with Crippen LogP contribution in [0.2, 0.25) is 0 Å². The van der Waals surface area contributed by atoms with Gasteiger partial charge in [0.15, 0.2) is 9.84 Å². The molecule has 2 heterocycles. The maximum absolute atomic E-state index is 12.0. The Kier molecular flexibility index (Phi) is 4.24. The Morgan fingerprint density at radius 3 is 2.22 bits per heavy atom. The van der Waals surface area contributed by atoms with E-state index in [-0.39, 0.29) is 23.5 Å². The van der Waals surface area contributed by atoms with Crippen molar-refractivity contribution >= 4 is 15.7 Å². The van der Waals surface area contributed by atoms with Gasteiger partial charge >= 0.3 is 0 Å². The fourth-order valence-electron chi connectivity index (χ4n) is 2.36. The molecule has 0 aromatic carbocycles. The minimum Gasteiger partial charge on any atom is -0.340 e. The van der Waals surface area contributed by atoms with E-state index >= 15 is 0 Å². The number of carbonyl (C=O) groups is 1. The van der Waals surface area contributed by atoms with E-state index in [2.05, 4.69) is 4.90 Å². The summed E-state index contributed by atoms with van der Waals surface area (Å²) in [6.07, 6.45) is 1.86. The monoisotopic (exact) mass is 275 g/mol. The van der Waals surface area contributed by atoms with Gasteiger partial charge in [0.1, 0.15) is 0 Å². The summed E-state index contributed by atoms with van der Waals surface area (Å²) in [5.74, 6) is 0.244. The van der Waals surface area contributed by atoms with Gasteiger partial charge in [0.25, 0.3) is 0 Å². The lowest BCUT2D eigenvalue weighted by Crippen LogP contribution is -2.49. The SMILES string of the molecule is NC1CCN(CC(=O)N2CCS(=O)(=O)CC2)CC1. The van der Waals surface area contributed by atoms with Crippen LogP contribution in [0.25, 0.3) is 0 Å². The Hall–Kier alpha value is -0.660. The van der Waals surface area contributed by atoms with Gasteiger partial charge in [-0.1, -0.05) is 0 Å². The summed E-state index contributed by atoms with van der Waals surface area (Å²) < 4.78 is 22.6. The highest BCUT2D eigenvalue weighted by Crippen LogP contribution is 2.10. The number of piperidine rings is 1. The van der Waals surface area contributed by atoms with Crippen LogP contribution in [0.5, 0.6) is 0 Å². The van der Waals surface area contributed by atoms with Crippen molar-refractivity contribution in [2.24, 2.45) is 5.73 Å². The third-order valence-corrected chi connectivity index (χ3v) is 5.30. The number of hydrogen-bond acceptors (Lipinski definition) is 5. The second kappa shape index (κ2) is 5.54. The number of carbonyl (C=O) groups excluding carboxylic acids is 1. The minimum atomic E-state index is -2.91. The molecule has 2 N–H and O–H groups in total. The molecule has 104 valence electrons. The molecule has 0 spiro atoms. The first-order chi connectivity index (χ1) is 8.46. The van der Waals surface area contributed by atoms with E-state index in [0.717, 1.165) is 25.9 Å². The Morgan fingerprint density at radius 1 is 1.11 bits per heavy atom. The van der Waals surface area contributed by atoms with E-state index in [1.165, 1.54) is 0 Å². The average Bonchev–Trinajstić information content (AvgIpc) is 2.32. The van der Waals surface area contributed by atoms with Crippen LogP contribution in [0.4, 0.5) is 0 Å². The summed E-state index contributed by atoms with van der Waals surface area (Å²) in [4.78, 5) is 15.8. The molecule has 0 bridgehead atoms. The number of nitrogens with zero attached hydrogens (tertiary/aromatic N) is 2. The van der Waals surface area contributed by atoms with Crippen LogP contribution in [0.3, 0.4) is 0 Å². The maximum atomic E-state index is 12.0. The van der Waals surface area contributed by atoms with E-state index in [0.29, 0.717) is 19.6 Å². The van der Waals surface area contributed by atoms with Crippen molar-refractivity contribution in [1.29, 1.82) is 0 Å². The van der Waals surface area contributed by atoms with E-state index < -0.39 is 9.84 Å². The molecule has 0 saturated carbocycles. The highest BCUT2D eigenvalue weighted by atomic mass is 32.2. The van der Waals surface area contributed by atoms with Crippen molar-refractivity contribution in [3.63, 3.8) is 0 Å². The number of likely N-dealkylation sites (tertiary alicyclic amines) is 1. The van der Waals surface area contributed by atoms with Crippen molar-refractivity contribution in [2.45, 2.75) is 18.9 Å². The van der Waals surface area contributed by atoms with Gasteiger partial charge in [-0.25, -0.2) is 8.42 Å². The molecule has 0 atom stereocenters. The van der Waals surface area contributed by atoms with Crippen LogP contribution < -0.4 is 5.73 Å². The summed E-state index contributed by atoms with van der Waals surface area (Å²) in [7, 11) is -2.91. The van der Waals surface area contributed by atoms with Crippen LogP contribution in [-0.4, -0.2) is 74.4 Å². The molecule has 7 heteroatoms. The summed E-state index contributed by atoms with van der Waals surface area (Å²) in [5.41, 5.74) is 5.81. The van der Waals surface area contributed by atoms with Gasteiger partial charge < -0.3 is 10.6 Å². The van der Waals surface area contributed by atoms with E-state index in [9.17, 15) is 13.2 Å². The number of nitrogens with two attached hydrogens (primary N) is 1. The molecule has 0 aliphatic carbocycles. The lowest BCUT2D eigenvalue weighted by molar-refractivity contribution is -0.132. The summed E-state index contributed by atoms with van der Waals surface area (Å²) >= 11 is 0. The molecule has 2 saturated heterocycles. The first kappa shape index (κ1) is 13.8. The molecular weight excluding hydrogens is 254 g/mol. The van der Waals surface area contributed by atoms with Crippen molar-refractivity contribution in [3.8, 4) is 0 Å². The van der Waals surface area contributed by atoms with Crippen LogP contribution in [0.1, 0.15) is 12.8 Å². The summed E-state index contributed by atoms with van der Waals surface area (Å²) in [6, 6.07) is 0.261. The molecule has 6 nitrogen and oxygen atoms in total.